The number of nitrogens with two attached hydrogens (primary N) is 5. The highest BCUT2D eigenvalue weighted by molar-refractivity contribution is 5.73. The van der Waals surface area contributed by atoms with Gasteiger partial charge >= 0.3 is 6.03 Å². The van der Waals surface area contributed by atoms with Gasteiger partial charge in [0.1, 0.15) is 36.6 Å². The van der Waals surface area contributed by atoms with Crippen LogP contribution in [0.5, 0.6) is 0 Å². The molecule has 262 valence electrons. The molecule has 0 aromatic rings. The third kappa shape index (κ3) is 7.86. The molecule has 45 heavy (non-hydrogen) atoms. The van der Waals surface area contributed by atoms with Crippen molar-refractivity contribution in [3.8, 4) is 0 Å². The fourth-order valence-electron chi connectivity index (χ4n) is 6.90. The molecule has 2 saturated heterocycles. The number of aliphatic hydroxyl groups is 6. The van der Waals surface area contributed by atoms with Gasteiger partial charge in [-0.25, -0.2) is 9.86 Å². The van der Waals surface area contributed by atoms with Crippen molar-refractivity contribution < 1.29 is 54.9 Å². The molecule has 4 fully saturated rings. The van der Waals surface area contributed by atoms with Crippen LogP contribution in [0, 0.1) is 11.8 Å². The molecule has 0 radical (unpaired) electrons. The third-order valence-corrected chi connectivity index (χ3v) is 9.57. The molecule has 19 N–H and O–H groups in total. The van der Waals surface area contributed by atoms with Crippen LogP contribution in [0.1, 0.15) is 19.3 Å². The van der Waals surface area contributed by atoms with Gasteiger partial charge in [-0.1, -0.05) is 0 Å². The Morgan fingerprint density at radius 3 is 2.20 bits per heavy atom. The monoisotopic (exact) mass is 652 g/mol. The average molecular weight is 653 g/mol. The van der Waals surface area contributed by atoms with Crippen molar-refractivity contribution in [2.45, 2.75) is 111 Å². The van der Waals surface area contributed by atoms with Crippen molar-refractivity contribution in [3.63, 3.8) is 0 Å². The van der Waals surface area contributed by atoms with Crippen LogP contribution in [0.2, 0.25) is 0 Å². The Balaban J connectivity index is 1.63. The van der Waals surface area contributed by atoms with Gasteiger partial charge in [-0.3, -0.25) is 5.21 Å². The highest BCUT2D eigenvalue weighted by Gasteiger charge is 2.56. The number of hydrogen-bond acceptors (Lipinski definition) is 17. The summed E-state index contributed by atoms with van der Waals surface area (Å²) in [5.41, 5.74) is 29.8. The second-order valence-corrected chi connectivity index (χ2v) is 12.7. The van der Waals surface area contributed by atoms with E-state index in [4.69, 9.17) is 42.9 Å². The van der Waals surface area contributed by atoms with Crippen LogP contribution in [-0.2, 0) is 14.2 Å². The molecule has 2 aliphatic carbocycles. The van der Waals surface area contributed by atoms with Gasteiger partial charge in [0.15, 0.2) is 6.29 Å². The molecular formula is C26H52N8O11. The zero-order valence-electron chi connectivity index (χ0n) is 25.1. The van der Waals surface area contributed by atoms with Crippen molar-refractivity contribution in [3.05, 3.63) is 0 Å². The quantitative estimate of drug-likeness (QED) is 0.0727. The Hall–Kier alpha value is -1.37. The van der Waals surface area contributed by atoms with Crippen LogP contribution in [0.15, 0.2) is 0 Å². The number of hydroxylamine groups is 2. The normalized spacial score (nSPS) is 47.2. The molecule has 1 unspecified atom stereocenters. The maximum Gasteiger partial charge on any atom is 0.341 e. The lowest BCUT2D eigenvalue weighted by Gasteiger charge is -2.53. The molecule has 0 aromatic heterocycles. The number of aliphatic hydroxyl groups excluding tert-OH is 6. The van der Waals surface area contributed by atoms with Crippen molar-refractivity contribution in [1.29, 1.82) is 0 Å². The van der Waals surface area contributed by atoms with Crippen LogP contribution >= 0.6 is 0 Å². The molecule has 2 saturated carbocycles. The lowest BCUT2D eigenvalue weighted by Crippen LogP contribution is -2.73. The van der Waals surface area contributed by atoms with Gasteiger partial charge < -0.3 is 84.2 Å². The van der Waals surface area contributed by atoms with Gasteiger partial charge in [0, 0.05) is 31.1 Å². The summed E-state index contributed by atoms with van der Waals surface area (Å²) in [6, 6.07) is -5.05. The molecule has 2 heterocycles. The fourth-order valence-corrected chi connectivity index (χ4v) is 6.90. The standard InChI is InChI=1S/C26H52N8O11/c27-1-2-34(42)26(41)33-12-5-11(30)15(20(38)23(12)45-25-21(39)16(31)18(36)14(8-35)44-25)24-17(32-7-9-3-10(29)4-9)22(40)19(37)13(6-28)43-24/h9-25,32,35-40,42H,1-8,27-31H2,(H,33,41)/t9?,10?,11-,12+,13+,14+,15?,16-,17+,18+,19+,20-,21+,22+,23-,24+,25+/m0/s1. The third-order valence-electron chi connectivity index (χ3n) is 9.57. The lowest BCUT2D eigenvalue weighted by atomic mass is 9.71. The van der Waals surface area contributed by atoms with E-state index < -0.39 is 104 Å². The zero-order chi connectivity index (χ0) is 33.2. The highest BCUT2D eigenvalue weighted by atomic mass is 16.7. The molecule has 19 heteroatoms. The number of urea groups is 1. The van der Waals surface area contributed by atoms with E-state index in [1.165, 1.54) is 0 Å². The van der Waals surface area contributed by atoms with E-state index >= 15 is 0 Å². The first-order valence-electron chi connectivity index (χ1n) is 15.5. The Morgan fingerprint density at radius 2 is 1.60 bits per heavy atom. The minimum atomic E-state index is -1.61. The Morgan fingerprint density at radius 1 is 0.911 bits per heavy atom. The van der Waals surface area contributed by atoms with Crippen molar-refractivity contribution >= 4 is 6.03 Å². The predicted molar refractivity (Wildman–Crippen MR) is 155 cm³/mol. The molecule has 0 aromatic carbocycles. The van der Waals surface area contributed by atoms with Crippen LogP contribution in [0.4, 0.5) is 4.79 Å². The van der Waals surface area contributed by atoms with E-state index in [2.05, 4.69) is 10.6 Å². The largest absolute Gasteiger partial charge is 0.394 e. The van der Waals surface area contributed by atoms with Crippen LogP contribution < -0.4 is 39.3 Å². The minimum absolute atomic E-state index is 0.0414. The molecule has 0 bridgehead atoms. The van der Waals surface area contributed by atoms with E-state index in [1.807, 2.05) is 0 Å². The smallest absolute Gasteiger partial charge is 0.341 e. The minimum Gasteiger partial charge on any atom is -0.394 e. The molecule has 4 rings (SSSR count). The van der Waals surface area contributed by atoms with Gasteiger partial charge in [0.2, 0.25) is 0 Å². The van der Waals surface area contributed by atoms with Gasteiger partial charge in [-0.05, 0) is 31.7 Å². The van der Waals surface area contributed by atoms with Crippen LogP contribution in [-0.4, -0.2) is 171 Å². The summed E-state index contributed by atoms with van der Waals surface area (Å²) in [6.45, 7) is -0.595. The lowest BCUT2D eigenvalue weighted by molar-refractivity contribution is -0.307. The number of carbonyl (C=O) groups is 1. The van der Waals surface area contributed by atoms with Gasteiger partial charge in [-0.2, -0.15) is 0 Å². The first-order valence-corrected chi connectivity index (χ1v) is 15.5. The topological polar surface area (TPSA) is 344 Å². The molecule has 19 nitrogen and oxygen atoms in total. The van der Waals surface area contributed by atoms with E-state index in [1.54, 1.807) is 0 Å². The first-order chi connectivity index (χ1) is 21.3. The molecule has 2 aliphatic heterocycles. The summed E-state index contributed by atoms with van der Waals surface area (Å²) in [7, 11) is 0. The second-order valence-electron chi connectivity index (χ2n) is 12.7. The summed E-state index contributed by atoms with van der Waals surface area (Å²) >= 11 is 0. The molecule has 4 aliphatic rings. The fraction of sp³-hybridized carbons (Fsp3) is 0.962. The summed E-state index contributed by atoms with van der Waals surface area (Å²) in [4.78, 5) is 12.8. The average Bonchev–Trinajstić information content (AvgIpc) is 2.99. The summed E-state index contributed by atoms with van der Waals surface area (Å²) in [6.07, 6.45) is -12.0. The number of nitrogens with zero attached hydrogens (tertiary/aromatic N) is 1. The first kappa shape index (κ1) is 36.5. The van der Waals surface area contributed by atoms with Gasteiger partial charge in [0.05, 0.1) is 49.6 Å². The van der Waals surface area contributed by atoms with Gasteiger partial charge in [-0.15, -0.1) is 0 Å². The van der Waals surface area contributed by atoms with E-state index in [0.717, 1.165) is 12.8 Å². The second kappa shape index (κ2) is 15.7. The summed E-state index contributed by atoms with van der Waals surface area (Å²) in [5, 5.41) is 80.9. The number of rotatable bonds is 11. The number of carbonyl (C=O) groups excluding carboxylic acids is 1. The number of ether oxygens (including phenoxy) is 3. The number of hydrogen-bond donors (Lipinski definition) is 14. The molecule has 2 amide bonds. The van der Waals surface area contributed by atoms with Crippen molar-refractivity contribution in [1.82, 2.24) is 15.7 Å². The zero-order valence-corrected chi connectivity index (χ0v) is 25.1. The van der Waals surface area contributed by atoms with Gasteiger partial charge in [0.25, 0.3) is 0 Å². The van der Waals surface area contributed by atoms with Crippen LogP contribution in [0.3, 0.4) is 0 Å². The maximum atomic E-state index is 12.8. The molecule has 15 atom stereocenters. The van der Waals surface area contributed by atoms with E-state index in [0.29, 0.717) is 11.6 Å². The molecule has 0 spiro atoms. The Bertz CT molecular complexity index is 955. The Kier molecular flexibility index (Phi) is 12.7. The maximum absolute atomic E-state index is 12.8. The SMILES string of the molecule is NCCN(O)C(=O)N[C@@H]1C[C@H](N)C([C@H]2O[C@H](CN)[C@@H](O)[C@H](O)[C@H]2NCC2CC(N)C2)[C@H](O)[C@H]1O[C@H]1O[C@H](CO)[C@@H](O)[C@H](N)[C@H]1O. The van der Waals surface area contributed by atoms with E-state index in [-0.39, 0.29) is 38.0 Å². The van der Waals surface area contributed by atoms with E-state index in [9.17, 15) is 40.6 Å². The number of nitrogens with one attached hydrogen (secondary N) is 2. The highest BCUT2D eigenvalue weighted by Crippen LogP contribution is 2.38. The number of amides is 2. The van der Waals surface area contributed by atoms with Crippen molar-refractivity contribution in [2.24, 2.45) is 40.5 Å². The van der Waals surface area contributed by atoms with Crippen molar-refractivity contribution in [2.75, 3.05) is 32.8 Å². The molecular weight excluding hydrogens is 600 g/mol. The summed E-state index contributed by atoms with van der Waals surface area (Å²) < 4.78 is 17.8. The van der Waals surface area contributed by atoms with Crippen LogP contribution in [0.25, 0.3) is 0 Å². The predicted octanol–water partition coefficient (Wildman–Crippen LogP) is -7.28. The Labute approximate surface area is 260 Å². The summed E-state index contributed by atoms with van der Waals surface area (Å²) in [5.74, 6) is -0.764.